The zero-order chi connectivity index (χ0) is 16.4. The summed E-state index contributed by atoms with van der Waals surface area (Å²) < 4.78 is 1.81. The maximum atomic E-state index is 12.4. The number of nitrogens with one attached hydrogen (secondary N) is 2. The minimum Gasteiger partial charge on any atom is -0.322 e. The Bertz CT molecular complexity index is 674. The Morgan fingerprint density at radius 3 is 3.00 bits per heavy atom. The van der Waals surface area contributed by atoms with E-state index in [1.54, 1.807) is 0 Å². The zero-order valence-corrected chi connectivity index (χ0v) is 14.5. The van der Waals surface area contributed by atoms with Crippen LogP contribution in [0.4, 0.5) is 5.69 Å². The molecule has 3 heterocycles. The number of aryl methyl sites for hydroxylation is 3. The van der Waals surface area contributed by atoms with Gasteiger partial charge in [-0.2, -0.15) is 22.0 Å². The van der Waals surface area contributed by atoms with E-state index in [4.69, 9.17) is 0 Å². The maximum absolute atomic E-state index is 12.4. The summed E-state index contributed by atoms with van der Waals surface area (Å²) in [4.78, 5) is 14.7. The third kappa shape index (κ3) is 3.59. The summed E-state index contributed by atoms with van der Waals surface area (Å²) in [7, 11) is 1.92. The first-order chi connectivity index (χ1) is 11.0. The van der Waals surface area contributed by atoms with Crippen molar-refractivity contribution in [3.05, 3.63) is 29.3 Å². The summed E-state index contributed by atoms with van der Waals surface area (Å²) in [6.07, 6.45) is 3.93. The number of thioether (sulfide) groups is 1. The third-order valence-corrected chi connectivity index (χ3v) is 5.11. The largest absolute Gasteiger partial charge is 0.322 e. The maximum Gasteiger partial charge on any atom is 0.238 e. The first-order valence-electron chi connectivity index (χ1n) is 7.66. The van der Waals surface area contributed by atoms with Crippen molar-refractivity contribution in [2.45, 2.75) is 19.9 Å². The van der Waals surface area contributed by atoms with E-state index in [1.165, 1.54) is 5.56 Å². The number of anilines is 1. The number of rotatable bonds is 4. The molecule has 3 rings (SSSR count). The molecule has 1 saturated heterocycles. The summed E-state index contributed by atoms with van der Waals surface area (Å²) in [5.41, 5.74) is 3.66. The normalized spacial score (nSPS) is 19.0. The number of hydrogen-bond donors (Lipinski definition) is 2. The van der Waals surface area contributed by atoms with Crippen LogP contribution in [0.3, 0.4) is 0 Å². The van der Waals surface area contributed by atoms with Crippen molar-refractivity contribution >= 4 is 23.4 Å². The lowest BCUT2D eigenvalue weighted by atomic mass is 10.1. The van der Waals surface area contributed by atoms with Crippen molar-refractivity contribution in [2.24, 2.45) is 7.05 Å². The smallest absolute Gasteiger partial charge is 0.238 e. The van der Waals surface area contributed by atoms with Crippen molar-refractivity contribution in [3.8, 4) is 0 Å². The highest BCUT2D eigenvalue weighted by Gasteiger charge is 2.27. The molecular weight excluding hydrogens is 312 g/mol. The Hall–Kier alpha value is -1.80. The molecule has 2 aromatic rings. The second-order valence-electron chi connectivity index (χ2n) is 5.87. The quantitative estimate of drug-likeness (QED) is 0.886. The number of nitrogens with zero attached hydrogens (tertiary/aromatic N) is 4. The number of carbonyl (C=O) groups excluding carboxylic acids is 1. The molecule has 0 radical (unpaired) electrons. The summed E-state index contributed by atoms with van der Waals surface area (Å²) >= 11 is 1.92. The second kappa shape index (κ2) is 6.76. The summed E-state index contributed by atoms with van der Waals surface area (Å²) in [6.45, 7) is 5.08. The highest BCUT2D eigenvalue weighted by molar-refractivity contribution is 7.99. The van der Waals surface area contributed by atoms with Crippen LogP contribution in [0.25, 0.3) is 0 Å². The molecule has 23 heavy (non-hydrogen) atoms. The minimum atomic E-state index is -0.00149. The van der Waals surface area contributed by atoms with E-state index >= 15 is 0 Å². The number of hydrogen-bond acceptors (Lipinski definition) is 5. The van der Waals surface area contributed by atoms with E-state index in [1.807, 2.05) is 49.7 Å². The van der Waals surface area contributed by atoms with Gasteiger partial charge < -0.3 is 5.32 Å². The van der Waals surface area contributed by atoms with E-state index in [-0.39, 0.29) is 11.9 Å². The van der Waals surface area contributed by atoms with Crippen molar-refractivity contribution < 1.29 is 4.79 Å². The molecule has 8 heteroatoms. The van der Waals surface area contributed by atoms with Crippen molar-refractivity contribution in [2.75, 3.05) is 29.9 Å². The molecule has 0 aromatic carbocycles. The van der Waals surface area contributed by atoms with Crippen LogP contribution in [-0.4, -0.2) is 55.4 Å². The van der Waals surface area contributed by atoms with Crippen LogP contribution < -0.4 is 5.32 Å². The summed E-state index contributed by atoms with van der Waals surface area (Å²) in [6, 6.07) is 0.236. The topological polar surface area (TPSA) is 78.8 Å². The molecule has 7 nitrogen and oxygen atoms in total. The predicted molar refractivity (Wildman–Crippen MR) is 91.5 cm³/mol. The summed E-state index contributed by atoms with van der Waals surface area (Å²) in [5.74, 6) is 2.04. The Balaban J connectivity index is 1.68. The molecule has 1 amide bonds. The molecule has 0 bridgehead atoms. The Morgan fingerprint density at radius 1 is 1.52 bits per heavy atom. The molecule has 1 atom stereocenters. The molecule has 2 N–H and O–H groups in total. The number of carbonyl (C=O) groups is 1. The molecule has 0 aliphatic carbocycles. The van der Waals surface area contributed by atoms with E-state index < -0.39 is 0 Å². The van der Waals surface area contributed by atoms with Gasteiger partial charge in [0.1, 0.15) is 0 Å². The van der Waals surface area contributed by atoms with Gasteiger partial charge in [-0.05, 0) is 13.8 Å². The highest BCUT2D eigenvalue weighted by Crippen LogP contribution is 2.29. The Labute approximate surface area is 139 Å². The van der Waals surface area contributed by atoms with Crippen LogP contribution in [0, 0.1) is 13.8 Å². The van der Waals surface area contributed by atoms with Gasteiger partial charge in [0.05, 0.1) is 29.8 Å². The first-order valence-corrected chi connectivity index (χ1v) is 8.82. The van der Waals surface area contributed by atoms with Gasteiger partial charge in [0.25, 0.3) is 0 Å². The van der Waals surface area contributed by atoms with Gasteiger partial charge in [0.2, 0.25) is 5.91 Å². The number of H-pyrrole nitrogens is 1. The lowest BCUT2D eigenvalue weighted by Gasteiger charge is -2.34. The fourth-order valence-electron chi connectivity index (χ4n) is 2.84. The lowest BCUT2D eigenvalue weighted by molar-refractivity contribution is -0.117. The fraction of sp³-hybridized carbons (Fsp3) is 0.533. The van der Waals surface area contributed by atoms with Gasteiger partial charge in [-0.1, -0.05) is 0 Å². The van der Waals surface area contributed by atoms with Gasteiger partial charge in [-0.3, -0.25) is 19.5 Å². The number of aromatic amines is 1. The van der Waals surface area contributed by atoms with Gasteiger partial charge in [0, 0.05) is 42.9 Å². The van der Waals surface area contributed by atoms with Crippen LogP contribution in [-0.2, 0) is 11.8 Å². The molecule has 1 aliphatic heterocycles. The molecule has 0 spiro atoms. The van der Waals surface area contributed by atoms with Crippen molar-refractivity contribution in [3.63, 3.8) is 0 Å². The van der Waals surface area contributed by atoms with E-state index in [0.29, 0.717) is 6.54 Å². The van der Waals surface area contributed by atoms with Crippen LogP contribution >= 0.6 is 11.8 Å². The monoisotopic (exact) mass is 334 g/mol. The molecule has 1 fully saturated rings. The molecule has 1 aliphatic rings. The molecule has 2 aromatic heterocycles. The average Bonchev–Trinajstić information content (AvgIpc) is 3.08. The minimum absolute atomic E-state index is 0.00149. The standard InChI is InChI=1S/C15H22N6OS/c1-10-15(11(2)19-18-10)17-14(22)8-21-4-5-23-9-13(21)12-6-16-20(3)7-12/h6-7,13H,4-5,8-9H2,1-3H3,(H,17,22)(H,18,19)/t13-/m0/s1. The van der Waals surface area contributed by atoms with E-state index in [2.05, 4.69) is 25.5 Å². The van der Waals surface area contributed by atoms with E-state index in [9.17, 15) is 4.79 Å². The van der Waals surface area contributed by atoms with Crippen molar-refractivity contribution in [1.29, 1.82) is 0 Å². The SMILES string of the molecule is Cc1n[nH]c(C)c1NC(=O)CN1CCSC[C@H]1c1cnn(C)c1. The summed E-state index contributed by atoms with van der Waals surface area (Å²) in [5, 5.41) is 14.2. The predicted octanol–water partition coefficient (Wildman–Crippen LogP) is 1.49. The number of aromatic nitrogens is 4. The highest BCUT2D eigenvalue weighted by atomic mass is 32.2. The van der Waals surface area contributed by atoms with Gasteiger partial charge >= 0.3 is 0 Å². The van der Waals surface area contributed by atoms with Crippen LogP contribution in [0.2, 0.25) is 0 Å². The molecular formula is C15H22N6OS. The number of amides is 1. The van der Waals surface area contributed by atoms with Gasteiger partial charge in [0.15, 0.2) is 0 Å². The third-order valence-electron chi connectivity index (χ3n) is 4.09. The zero-order valence-electron chi connectivity index (χ0n) is 13.7. The Morgan fingerprint density at radius 2 is 2.35 bits per heavy atom. The van der Waals surface area contributed by atoms with Crippen molar-refractivity contribution in [1.82, 2.24) is 24.9 Å². The lowest BCUT2D eigenvalue weighted by Crippen LogP contribution is -2.41. The average molecular weight is 334 g/mol. The molecule has 0 unspecified atom stereocenters. The first kappa shape index (κ1) is 16.1. The van der Waals surface area contributed by atoms with Crippen LogP contribution in [0.1, 0.15) is 23.0 Å². The molecule has 124 valence electrons. The van der Waals surface area contributed by atoms with Gasteiger partial charge in [-0.25, -0.2) is 0 Å². The Kier molecular flexibility index (Phi) is 4.72. The van der Waals surface area contributed by atoms with Crippen LogP contribution in [0.15, 0.2) is 12.4 Å². The van der Waals surface area contributed by atoms with Gasteiger partial charge in [-0.15, -0.1) is 0 Å². The van der Waals surface area contributed by atoms with Crippen LogP contribution in [0.5, 0.6) is 0 Å². The fourth-order valence-corrected chi connectivity index (χ4v) is 4.00. The molecule has 0 saturated carbocycles. The van der Waals surface area contributed by atoms with E-state index in [0.717, 1.165) is 35.1 Å². The second-order valence-corrected chi connectivity index (χ2v) is 7.02.